The molecule has 0 radical (unpaired) electrons. The summed E-state index contributed by atoms with van der Waals surface area (Å²) in [4.78, 5) is 13.2. The fourth-order valence-corrected chi connectivity index (χ4v) is 3.17. The van der Waals surface area contributed by atoms with Gasteiger partial charge in [-0.3, -0.25) is 4.79 Å². The molecule has 2 saturated heterocycles. The minimum atomic E-state index is -5.84. The first-order valence-electron chi connectivity index (χ1n) is 6.57. The van der Waals surface area contributed by atoms with Gasteiger partial charge in [0.05, 0.1) is 0 Å². The second-order valence-electron chi connectivity index (χ2n) is 5.67. The van der Waals surface area contributed by atoms with Gasteiger partial charge in [0.2, 0.25) is 0 Å². The van der Waals surface area contributed by atoms with Gasteiger partial charge >= 0.3 is 12.1 Å². The Kier molecular flexibility index (Phi) is 3.96. The van der Waals surface area contributed by atoms with Crippen LogP contribution in [0.3, 0.4) is 0 Å². The third-order valence-corrected chi connectivity index (χ3v) is 4.39. The van der Waals surface area contributed by atoms with Gasteiger partial charge in [0, 0.05) is 18.6 Å². The predicted molar refractivity (Wildman–Crippen MR) is 61.3 cm³/mol. The lowest BCUT2D eigenvalue weighted by Gasteiger charge is -2.36. The van der Waals surface area contributed by atoms with Crippen LogP contribution in [-0.2, 0) is 4.79 Å². The summed E-state index contributed by atoms with van der Waals surface area (Å²) < 4.78 is 61.6. The molecule has 0 aromatic carbocycles. The van der Waals surface area contributed by atoms with Crippen molar-refractivity contribution in [2.45, 2.75) is 49.9 Å². The normalized spacial score (nSPS) is 31.4. The van der Waals surface area contributed by atoms with Crippen LogP contribution in [0.25, 0.3) is 0 Å². The largest absolute Gasteiger partial charge is 0.463 e. The van der Waals surface area contributed by atoms with E-state index in [9.17, 15) is 26.7 Å². The van der Waals surface area contributed by atoms with Crippen molar-refractivity contribution in [1.82, 2.24) is 10.2 Å². The summed E-state index contributed by atoms with van der Waals surface area (Å²) in [6.45, 7) is -0.120. The molecule has 8 heteroatoms. The Balaban J connectivity index is 1.86. The van der Waals surface area contributed by atoms with Crippen LogP contribution in [0.4, 0.5) is 22.0 Å². The Bertz CT molecular complexity index is 371. The zero-order valence-electron chi connectivity index (χ0n) is 11.0. The minimum absolute atomic E-state index is 0.0308. The molecule has 2 heterocycles. The smallest absolute Gasteiger partial charge is 0.350 e. The van der Waals surface area contributed by atoms with Crippen molar-refractivity contribution >= 4 is 5.91 Å². The Morgan fingerprint density at radius 3 is 2.10 bits per heavy atom. The van der Waals surface area contributed by atoms with Gasteiger partial charge in [-0.05, 0) is 38.6 Å². The number of hydrogen-bond acceptors (Lipinski definition) is 2. The van der Waals surface area contributed by atoms with Gasteiger partial charge in [0.1, 0.15) is 0 Å². The van der Waals surface area contributed by atoms with Crippen LogP contribution in [0, 0.1) is 5.92 Å². The topological polar surface area (TPSA) is 32.3 Å². The lowest BCUT2D eigenvalue weighted by molar-refractivity contribution is -0.269. The first kappa shape index (κ1) is 15.5. The summed E-state index contributed by atoms with van der Waals surface area (Å²) in [7, 11) is 1.99. The zero-order chi connectivity index (χ0) is 15.1. The molecule has 0 aromatic heterocycles. The fraction of sp³-hybridized carbons (Fsp3) is 0.917. The molecule has 2 aliphatic heterocycles. The van der Waals surface area contributed by atoms with E-state index >= 15 is 0 Å². The number of rotatable bonds is 3. The number of nitrogens with zero attached hydrogens (tertiary/aromatic N) is 1. The van der Waals surface area contributed by atoms with E-state index in [2.05, 4.69) is 4.90 Å². The van der Waals surface area contributed by atoms with Gasteiger partial charge in [-0.15, -0.1) is 0 Å². The first-order valence-corrected chi connectivity index (χ1v) is 6.57. The molecular formula is C12H17F5N2O. The average Bonchev–Trinajstić information content (AvgIpc) is 2.58. The molecular weight excluding hydrogens is 283 g/mol. The Morgan fingerprint density at radius 1 is 1.15 bits per heavy atom. The van der Waals surface area contributed by atoms with E-state index < -0.39 is 18.0 Å². The molecule has 116 valence electrons. The predicted octanol–water partition coefficient (Wildman–Crippen LogP) is 2.17. The van der Waals surface area contributed by atoms with Crippen LogP contribution in [0.5, 0.6) is 0 Å². The third kappa shape index (κ3) is 2.75. The van der Waals surface area contributed by atoms with Crippen LogP contribution >= 0.6 is 0 Å². The molecule has 0 aliphatic carbocycles. The lowest BCUT2D eigenvalue weighted by Crippen LogP contribution is -2.52. The van der Waals surface area contributed by atoms with Crippen LogP contribution < -0.4 is 5.32 Å². The van der Waals surface area contributed by atoms with Crippen LogP contribution in [0.2, 0.25) is 0 Å². The Labute approximate surface area is 113 Å². The number of nitrogens with one attached hydrogen (secondary N) is 1. The summed E-state index contributed by atoms with van der Waals surface area (Å²) in [5.74, 6) is -7.61. The molecule has 0 aromatic rings. The molecule has 2 aliphatic rings. The molecule has 0 saturated carbocycles. The van der Waals surface area contributed by atoms with Crippen molar-refractivity contribution in [3.05, 3.63) is 0 Å². The standard InChI is InChI=1S/C12H17F5N2O/c1-19-8-2-3-9(19)5-7(4-8)6-18-10(20)11(13,14)12(15,16)17/h7-9H,2-6H2,1H3,(H,18,20). The van der Waals surface area contributed by atoms with Crippen molar-refractivity contribution < 1.29 is 26.7 Å². The summed E-state index contributed by atoms with van der Waals surface area (Å²) in [5, 5.41) is 1.76. The number of alkyl halides is 5. The Morgan fingerprint density at radius 2 is 1.65 bits per heavy atom. The van der Waals surface area contributed by atoms with E-state index in [1.807, 2.05) is 7.05 Å². The van der Waals surface area contributed by atoms with E-state index in [4.69, 9.17) is 0 Å². The molecule has 2 rings (SSSR count). The van der Waals surface area contributed by atoms with Gasteiger partial charge in [-0.2, -0.15) is 22.0 Å². The van der Waals surface area contributed by atoms with Crippen molar-refractivity contribution in [3.8, 4) is 0 Å². The maximum atomic E-state index is 12.8. The summed E-state index contributed by atoms with van der Waals surface area (Å²) >= 11 is 0. The maximum Gasteiger partial charge on any atom is 0.463 e. The number of carbonyl (C=O) groups excluding carboxylic acids is 1. The number of piperidine rings is 1. The number of carbonyl (C=O) groups is 1. The molecule has 1 amide bonds. The van der Waals surface area contributed by atoms with Crippen LogP contribution in [-0.4, -0.2) is 48.6 Å². The monoisotopic (exact) mass is 300 g/mol. The third-order valence-electron chi connectivity index (χ3n) is 4.39. The molecule has 2 fully saturated rings. The van der Waals surface area contributed by atoms with Gasteiger partial charge in [0.25, 0.3) is 5.91 Å². The van der Waals surface area contributed by atoms with Gasteiger partial charge in [-0.25, -0.2) is 0 Å². The van der Waals surface area contributed by atoms with E-state index in [1.54, 1.807) is 5.32 Å². The van der Waals surface area contributed by atoms with E-state index in [0.717, 1.165) is 25.7 Å². The number of halogens is 5. The Hall–Kier alpha value is -0.920. The molecule has 2 atom stereocenters. The quantitative estimate of drug-likeness (QED) is 0.810. The highest BCUT2D eigenvalue weighted by molar-refractivity contribution is 5.84. The molecule has 3 nitrogen and oxygen atoms in total. The SMILES string of the molecule is CN1C2CCC1CC(CNC(=O)C(F)(F)C(F)(F)F)C2. The van der Waals surface area contributed by atoms with Crippen molar-refractivity contribution in [1.29, 1.82) is 0 Å². The van der Waals surface area contributed by atoms with Gasteiger partial charge in [0.15, 0.2) is 0 Å². The van der Waals surface area contributed by atoms with Gasteiger partial charge in [-0.1, -0.05) is 0 Å². The van der Waals surface area contributed by atoms with Gasteiger partial charge < -0.3 is 10.2 Å². The molecule has 1 N–H and O–H groups in total. The van der Waals surface area contributed by atoms with Crippen LogP contribution in [0.1, 0.15) is 25.7 Å². The zero-order valence-corrected chi connectivity index (χ0v) is 11.0. The second-order valence-corrected chi connectivity index (χ2v) is 5.67. The fourth-order valence-electron chi connectivity index (χ4n) is 3.17. The average molecular weight is 300 g/mol. The minimum Gasteiger partial charge on any atom is -0.350 e. The number of fused-ring (bicyclic) bond motifs is 2. The van der Waals surface area contributed by atoms with Crippen molar-refractivity contribution in [3.63, 3.8) is 0 Å². The van der Waals surface area contributed by atoms with Crippen LogP contribution in [0.15, 0.2) is 0 Å². The molecule has 2 bridgehead atoms. The molecule has 20 heavy (non-hydrogen) atoms. The molecule has 2 unspecified atom stereocenters. The van der Waals surface area contributed by atoms with E-state index in [-0.39, 0.29) is 12.5 Å². The number of hydrogen-bond donors (Lipinski definition) is 1. The second kappa shape index (κ2) is 5.13. The summed E-state index contributed by atoms with van der Waals surface area (Å²) in [6.07, 6.45) is -2.35. The first-order chi connectivity index (χ1) is 9.13. The number of amides is 1. The summed E-state index contributed by atoms with van der Waals surface area (Å²) in [5.41, 5.74) is 0. The highest BCUT2D eigenvalue weighted by Crippen LogP contribution is 2.38. The van der Waals surface area contributed by atoms with E-state index in [0.29, 0.717) is 12.1 Å². The maximum absolute atomic E-state index is 12.8. The highest BCUT2D eigenvalue weighted by atomic mass is 19.4. The van der Waals surface area contributed by atoms with E-state index in [1.165, 1.54) is 0 Å². The summed E-state index contributed by atoms with van der Waals surface area (Å²) in [6, 6.07) is 0.692. The highest BCUT2D eigenvalue weighted by Gasteiger charge is 2.63. The molecule has 0 spiro atoms. The lowest BCUT2D eigenvalue weighted by atomic mass is 9.91. The van der Waals surface area contributed by atoms with Crippen molar-refractivity contribution in [2.75, 3.05) is 13.6 Å². The van der Waals surface area contributed by atoms with Crippen molar-refractivity contribution in [2.24, 2.45) is 5.92 Å².